The molecule has 0 bridgehead atoms. The Morgan fingerprint density at radius 2 is 1.36 bits per heavy atom. The number of hydrogen-bond acceptors (Lipinski definition) is 0. The fourth-order valence-corrected chi connectivity index (χ4v) is 0.862. The summed E-state index contributed by atoms with van der Waals surface area (Å²) >= 11 is 0. The molecule has 0 unspecified atom stereocenters. The van der Waals surface area contributed by atoms with Crippen molar-refractivity contribution < 1.29 is 0 Å². The summed E-state index contributed by atoms with van der Waals surface area (Å²) < 4.78 is 0. The maximum Gasteiger partial charge on any atom is -0.0359 e. The Labute approximate surface area is 92.5 Å². The van der Waals surface area contributed by atoms with Crippen molar-refractivity contribution in [1.29, 1.82) is 0 Å². The lowest BCUT2D eigenvalue weighted by Gasteiger charge is -2.18. The van der Waals surface area contributed by atoms with E-state index in [2.05, 4.69) is 48.5 Å². The van der Waals surface area contributed by atoms with Gasteiger partial charge in [-0.25, -0.2) is 0 Å². The Morgan fingerprint density at radius 3 is 1.43 bits per heavy atom. The monoisotopic (exact) mass is 200 g/mol. The quantitative estimate of drug-likeness (QED) is 0.537. The molecule has 0 aliphatic carbocycles. The summed E-state index contributed by atoms with van der Waals surface area (Å²) in [5.41, 5.74) is 0.583. The van der Waals surface area contributed by atoms with Gasteiger partial charge in [0.1, 0.15) is 0 Å². The first kappa shape index (κ1) is 16.4. The zero-order chi connectivity index (χ0) is 11.6. The smallest absolute Gasteiger partial charge is 0.0359 e. The summed E-state index contributed by atoms with van der Waals surface area (Å²) in [5.74, 6) is 0.903. The van der Waals surface area contributed by atoms with Crippen molar-refractivity contribution in [1.82, 2.24) is 0 Å². The van der Waals surface area contributed by atoms with E-state index in [0.717, 1.165) is 5.92 Å². The Hall–Kier alpha value is 0. The van der Waals surface area contributed by atoms with E-state index in [1.54, 1.807) is 0 Å². The predicted octanol–water partition coefficient (Wildman–Crippen LogP) is 5.67. The summed E-state index contributed by atoms with van der Waals surface area (Å²) in [6, 6.07) is 0. The van der Waals surface area contributed by atoms with E-state index >= 15 is 0 Å². The van der Waals surface area contributed by atoms with E-state index in [9.17, 15) is 0 Å². The summed E-state index contributed by atoms with van der Waals surface area (Å²) in [5, 5.41) is 0. The van der Waals surface area contributed by atoms with Crippen LogP contribution in [0.3, 0.4) is 0 Å². The van der Waals surface area contributed by atoms with Crippen LogP contribution >= 0.6 is 0 Å². The van der Waals surface area contributed by atoms with Gasteiger partial charge in [0, 0.05) is 0 Å². The highest BCUT2D eigenvalue weighted by Crippen LogP contribution is 2.22. The van der Waals surface area contributed by atoms with Gasteiger partial charge in [-0.1, -0.05) is 80.6 Å². The van der Waals surface area contributed by atoms with Crippen molar-refractivity contribution in [2.75, 3.05) is 0 Å². The van der Waals surface area contributed by atoms with Gasteiger partial charge in [0.05, 0.1) is 0 Å². The van der Waals surface area contributed by atoms with Crippen LogP contribution < -0.4 is 0 Å². The predicted molar refractivity (Wildman–Crippen MR) is 68.7 cm³/mol. The standard InChI is InChI=1S/2C7H16/c1-5-7(3,4)6-2;1-4-5-6-7(2)3/h5-6H2,1-4H3;7H,4-6H2,1-3H3. The average molecular weight is 200 g/mol. The maximum absolute atomic E-state index is 2.30. The van der Waals surface area contributed by atoms with Crippen molar-refractivity contribution in [2.24, 2.45) is 11.3 Å². The molecule has 0 heteroatoms. The van der Waals surface area contributed by atoms with Crippen LogP contribution in [0.15, 0.2) is 0 Å². The Morgan fingerprint density at radius 1 is 0.929 bits per heavy atom. The zero-order valence-corrected chi connectivity index (χ0v) is 11.6. The lowest BCUT2D eigenvalue weighted by atomic mass is 9.88. The molecule has 0 aromatic rings. The van der Waals surface area contributed by atoms with Gasteiger partial charge < -0.3 is 0 Å². The minimum absolute atomic E-state index is 0.583. The fourth-order valence-electron chi connectivity index (χ4n) is 0.862. The van der Waals surface area contributed by atoms with Gasteiger partial charge in [-0.15, -0.1) is 0 Å². The first-order valence-corrected chi connectivity index (χ1v) is 6.39. The summed E-state index contributed by atoms with van der Waals surface area (Å²) in [6.45, 7) is 15.9. The molecule has 88 valence electrons. The lowest BCUT2D eigenvalue weighted by Crippen LogP contribution is -2.05. The lowest BCUT2D eigenvalue weighted by molar-refractivity contribution is 0.338. The third-order valence-electron chi connectivity index (χ3n) is 3.05. The second-order valence-electron chi connectivity index (χ2n) is 5.41. The Balaban J connectivity index is 0. The molecule has 0 saturated heterocycles. The number of hydrogen-bond donors (Lipinski definition) is 0. The van der Waals surface area contributed by atoms with Crippen LogP contribution in [0, 0.1) is 11.3 Å². The molecule has 0 aromatic heterocycles. The van der Waals surface area contributed by atoms with Crippen LogP contribution in [0.5, 0.6) is 0 Å². The molecule has 0 rings (SSSR count). The van der Waals surface area contributed by atoms with Crippen LogP contribution in [0.2, 0.25) is 0 Å². The first-order valence-electron chi connectivity index (χ1n) is 6.39. The van der Waals surface area contributed by atoms with Crippen LogP contribution in [0.1, 0.15) is 80.6 Å². The Kier molecular flexibility index (Phi) is 11.2. The average Bonchev–Trinajstić information content (AvgIpc) is 2.15. The summed E-state index contributed by atoms with van der Waals surface area (Å²) in [6.07, 6.45) is 6.74. The number of unbranched alkanes of at least 4 members (excludes halogenated alkanes) is 1. The van der Waals surface area contributed by atoms with Gasteiger partial charge in [0.2, 0.25) is 0 Å². The summed E-state index contributed by atoms with van der Waals surface area (Å²) in [4.78, 5) is 0. The molecule has 0 spiro atoms. The number of rotatable bonds is 5. The molecule has 0 N–H and O–H groups in total. The second-order valence-corrected chi connectivity index (χ2v) is 5.41. The van der Waals surface area contributed by atoms with Gasteiger partial charge in [-0.3, -0.25) is 0 Å². The highest BCUT2D eigenvalue weighted by Gasteiger charge is 2.09. The van der Waals surface area contributed by atoms with E-state index in [1.807, 2.05) is 0 Å². The van der Waals surface area contributed by atoms with Crippen LogP contribution in [-0.2, 0) is 0 Å². The molecule has 0 saturated carbocycles. The topological polar surface area (TPSA) is 0 Å². The molecule has 0 radical (unpaired) electrons. The first-order chi connectivity index (χ1) is 6.39. The highest BCUT2D eigenvalue weighted by molar-refractivity contribution is 4.61. The van der Waals surface area contributed by atoms with E-state index < -0.39 is 0 Å². The molecule has 0 heterocycles. The molecule has 0 aromatic carbocycles. The molecular weight excluding hydrogens is 168 g/mol. The molecule has 0 nitrogen and oxygen atoms in total. The van der Waals surface area contributed by atoms with Crippen molar-refractivity contribution >= 4 is 0 Å². The van der Waals surface area contributed by atoms with E-state index in [1.165, 1.54) is 32.1 Å². The largest absolute Gasteiger partial charge is 0.0654 e. The maximum atomic E-state index is 2.30. The van der Waals surface area contributed by atoms with E-state index in [0.29, 0.717) is 5.41 Å². The van der Waals surface area contributed by atoms with Crippen molar-refractivity contribution in [3.05, 3.63) is 0 Å². The third-order valence-corrected chi connectivity index (χ3v) is 3.05. The minimum atomic E-state index is 0.583. The van der Waals surface area contributed by atoms with Crippen LogP contribution in [0.25, 0.3) is 0 Å². The van der Waals surface area contributed by atoms with Gasteiger partial charge in [-0.05, 0) is 11.3 Å². The highest BCUT2D eigenvalue weighted by atomic mass is 14.1. The van der Waals surface area contributed by atoms with Crippen molar-refractivity contribution in [2.45, 2.75) is 80.6 Å². The van der Waals surface area contributed by atoms with Gasteiger partial charge in [0.15, 0.2) is 0 Å². The Bertz CT molecular complexity index is 94.6. The normalized spacial score (nSPS) is 11.1. The van der Waals surface area contributed by atoms with Crippen LogP contribution in [-0.4, -0.2) is 0 Å². The van der Waals surface area contributed by atoms with Gasteiger partial charge in [-0.2, -0.15) is 0 Å². The van der Waals surface area contributed by atoms with E-state index in [-0.39, 0.29) is 0 Å². The van der Waals surface area contributed by atoms with E-state index in [4.69, 9.17) is 0 Å². The van der Waals surface area contributed by atoms with Crippen molar-refractivity contribution in [3.63, 3.8) is 0 Å². The minimum Gasteiger partial charge on any atom is -0.0654 e. The second kappa shape index (κ2) is 9.55. The molecule has 0 amide bonds. The molecule has 0 fully saturated rings. The van der Waals surface area contributed by atoms with Crippen molar-refractivity contribution in [3.8, 4) is 0 Å². The molecular formula is C14H32. The molecule has 0 aliphatic heterocycles. The van der Waals surface area contributed by atoms with Crippen LogP contribution in [0.4, 0.5) is 0 Å². The van der Waals surface area contributed by atoms with Gasteiger partial charge in [0.25, 0.3) is 0 Å². The zero-order valence-electron chi connectivity index (χ0n) is 11.6. The fraction of sp³-hybridized carbons (Fsp3) is 1.00. The molecule has 14 heavy (non-hydrogen) atoms. The van der Waals surface area contributed by atoms with Gasteiger partial charge >= 0.3 is 0 Å². The SMILES string of the molecule is CCC(C)(C)CC.CCCCC(C)C. The third kappa shape index (κ3) is 14.5. The molecule has 0 atom stereocenters. The summed E-state index contributed by atoms with van der Waals surface area (Å²) in [7, 11) is 0. The molecule has 0 aliphatic rings.